The Hall–Kier alpha value is -3.93. The number of rotatable bonds is 64. The maximum absolute atomic E-state index is 12.9. The second-order valence-electron chi connectivity index (χ2n) is 23.4. The topological polar surface area (TPSA) is 78.9 Å². The van der Waals surface area contributed by atoms with Crippen LogP contribution in [0.3, 0.4) is 0 Å². The summed E-state index contributed by atoms with van der Waals surface area (Å²) >= 11 is 0. The van der Waals surface area contributed by atoms with Crippen LogP contribution in [0, 0.1) is 0 Å². The van der Waals surface area contributed by atoms with Gasteiger partial charge in [-0.1, -0.05) is 329 Å². The van der Waals surface area contributed by atoms with Crippen LogP contribution in [0.25, 0.3) is 0 Å². The molecule has 0 aromatic heterocycles. The molecule has 0 aliphatic heterocycles. The Balaban J connectivity index is 4.30. The van der Waals surface area contributed by atoms with Crippen LogP contribution in [0.2, 0.25) is 0 Å². The summed E-state index contributed by atoms with van der Waals surface area (Å²) in [5.41, 5.74) is 0. The second kappa shape index (κ2) is 70.6. The maximum Gasteiger partial charge on any atom is 0.306 e. The molecule has 0 heterocycles. The fourth-order valence-electron chi connectivity index (χ4n) is 9.97. The average molecular weight is 1150 g/mol. The Morgan fingerprint density at radius 3 is 0.807 bits per heavy atom. The van der Waals surface area contributed by atoms with Gasteiger partial charge in [0.25, 0.3) is 0 Å². The highest BCUT2D eigenvalue weighted by Gasteiger charge is 2.19. The van der Waals surface area contributed by atoms with Crippen LogP contribution in [-0.4, -0.2) is 37.2 Å². The van der Waals surface area contributed by atoms with Gasteiger partial charge >= 0.3 is 17.9 Å². The lowest BCUT2D eigenvalue weighted by Gasteiger charge is -2.18. The molecule has 1 unspecified atom stereocenters. The van der Waals surface area contributed by atoms with Crippen LogP contribution in [0.1, 0.15) is 342 Å². The van der Waals surface area contributed by atoms with Gasteiger partial charge in [-0.3, -0.25) is 14.4 Å². The molecule has 1 atom stereocenters. The number of carbonyl (C=O) groups is 3. The number of esters is 3. The van der Waals surface area contributed by atoms with E-state index in [1.165, 1.54) is 180 Å². The normalized spacial score (nSPS) is 12.8. The zero-order chi connectivity index (χ0) is 59.9. The van der Waals surface area contributed by atoms with Gasteiger partial charge in [-0.05, 0) is 103 Å². The number of hydrogen-bond acceptors (Lipinski definition) is 6. The first-order valence-electron chi connectivity index (χ1n) is 35.4. The first-order chi connectivity index (χ1) is 41.0. The summed E-state index contributed by atoms with van der Waals surface area (Å²) in [6.45, 7) is 6.48. The molecule has 6 heteroatoms. The van der Waals surface area contributed by atoms with Gasteiger partial charge in [0.15, 0.2) is 6.10 Å². The standard InChI is InChI=1S/C77H132O6/c1-4-7-10-13-16-19-22-24-26-28-30-32-34-36-38-40-42-44-46-48-50-52-55-58-61-64-67-70-76(79)82-73-74(72-81-75(78)69-66-63-60-57-54-21-18-15-12-9-6-3)83-77(80)71-68-65-62-59-56-53-51-49-47-45-43-41-39-37-35-33-31-29-27-25-23-20-17-14-11-8-5-2/h7,10,15-16,18-19,24,26,30,32,36,38,42,44,48,50,55,58,74H,4-6,8-9,11-14,17,20-23,25,27-29,31,33-35,37,39-41,43,45-47,49,51-54,56-57,59-73H2,1-3H3/b10-7-,18-15-,19-16-,26-24-,32-30-,38-36-,44-42-,50-48-,58-55-. The molecule has 0 N–H and O–H groups in total. The summed E-state index contributed by atoms with van der Waals surface area (Å²) in [5, 5.41) is 0. The number of ether oxygens (including phenoxy) is 3. The SMILES string of the molecule is CC/C=C\C/C=C\C/C=C\C/C=C\C/C=C\C/C=C\C/C=C\C/C=C\CCCCC(=O)OCC(COC(=O)CCCCCCC/C=C\CCCC)OC(=O)CCCCCCCCCCCCCCCCCCCCCCCCCCCCC. The van der Waals surface area contributed by atoms with Crippen molar-refractivity contribution in [1.82, 2.24) is 0 Å². The van der Waals surface area contributed by atoms with Crippen molar-refractivity contribution in [3.8, 4) is 0 Å². The van der Waals surface area contributed by atoms with E-state index in [4.69, 9.17) is 14.2 Å². The van der Waals surface area contributed by atoms with Gasteiger partial charge in [0.1, 0.15) is 13.2 Å². The van der Waals surface area contributed by atoms with Crippen LogP contribution in [0.15, 0.2) is 109 Å². The van der Waals surface area contributed by atoms with Gasteiger partial charge in [0.2, 0.25) is 0 Å². The lowest BCUT2D eigenvalue weighted by atomic mass is 10.0. The Bertz CT molecular complexity index is 1660. The summed E-state index contributed by atoms with van der Waals surface area (Å²) < 4.78 is 16.9. The Morgan fingerprint density at radius 1 is 0.253 bits per heavy atom. The minimum atomic E-state index is -0.801. The molecule has 83 heavy (non-hydrogen) atoms. The first kappa shape index (κ1) is 79.1. The van der Waals surface area contributed by atoms with E-state index in [9.17, 15) is 14.4 Å². The minimum Gasteiger partial charge on any atom is -0.462 e. The third-order valence-electron chi connectivity index (χ3n) is 15.3. The Kier molecular flexibility index (Phi) is 67.2. The predicted octanol–water partition coefficient (Wildman–Crippen LogP) is 24.6. The molecule has 0 rings (SSSR count). The van der Waals surface area contributed by atoms with Crippen LogP contribution in [0.4, 0.5) is 0 Å². The fourth-order valence-corrected chi connectivity index (χ4v) is 9.97. The monoisotopic (exact) mass is 1150 g/mol. The highest BCUT2D eigenvalue weighted by molar-refractivity contribution is 5.71. The third-order valence-corrected chi connectivity index (χ3v) is 15.3. The molecule has 0 aliphatic carbocycles. The predicted molar refractivity (Wildman–Crippen MR) is 362 cm³/mol. The zero-order valence-corrected chi connectivity index (χ0v) is 54.7. The van der Waals surface area contributed by atoms with E-state index < -0.39 is 6.10 Å². The van der Waals surface area contributed by atoms with Gasteiger partial charge in [0, 0.05) is 19.3 Å². The fraction of sp³-hybridized carbons (Fsp3) is 0.727. The molecule has 0 amide bonds. The van der Waals surface area contributed by atoms with E-state index in [0.29, 0.717) is 19.3 Å². The number of allylic oxidation sites excluding steroid dienone is 18. The quantitative estimate of drug-likeness (QED) is 0.0261. The average Bonchev–Trinajstić information content (AvgIpc) is 3.48. The first-order valence-corrected chi connectivity index (χ1v) is 35.4. The van der Waals surface area contributed by atoms with Crippen LogP contribution in [-0.2, 0) is 28.6 Å². The lowest BCUT2D eigenvalue weighted by molar-refractivity contribution is -0.167. The molecule has 0 spiro atoms. The molecule has 0 aromatic carbocycles. The Labute approximate surface area is 514 Å². The molecule has 0 aliphatic rings. The van der Waals surface area contributed by atoms with Gasteiger partial charge in [-0.2, -0.15) is 0 Å². The molecular weight excluding hydrogens is 1020 g/mol. The smallest absolute Gasteiger partial charge is 0.306 e. The lowest BCUT2D eigenvalue weighted by Crippen LogP contribution is -2.30. The van der Waals surface area contributed by atoms with Crippen LogP contribution < -0.4 is 0 Å². The van der Waals surface area contributed by atoms with Gasteiger partial charge in [0.05, 0.1) is 0 Å². The van der Waals surface area contributed by atoms with Crippen molar-refractivity contribution in [2.45, 2.75) is 348 Å². The molecule has 0 fully saturated rings. The van der Waals surface area contributed by atoms with E-state index in [2.05, 4.69) is 130 Å². The molecule has 0 bridgehead atoms. The number of unbranched alkanes of at least 4 members (excludes halogenated alkanes) is 35. The number of hydrogen-bond donors (Lipinski definition) is 0. The molecule has 476 valence electrons. The van der Waals surface area contributed by atoms with E-state index in [0.717, 1.165) is 122 Å². The molecule has 0 saturated carbocycles. The van der Waals surface area contributed by atoms with Crippen molar-refractivity contribution in [3.05, 3.63) is 109 Å². The van der Waals surface area contributed by atoms with Crippen molar-refractivity contribution in [2.24, 2.45) is 0 Å². The summed E-state index contributed by atoms with van der Waals surface area (Å²) in [4.78, 5) is 38.3. The molecule has 0 aromatic rings. The Morgan fingerprint density at radius 2 is 0.482 bits per heavy atom. The molecular formula is C77H132O6. The summed E-state index contributed by atoms with van der Waals surface area (Å²) in [6, 6.07) is 0. The summed E-state index contributed by atoms with van der Waals surface area (Å²) in [5.74, 6) is -0.937. The largest absolute Gasteiger partial charge is 0.462 e. The zero-order valence-electron chi connectivity index (χ0n) is 54.7. The van der Waals surface area contributed by atoms with E-state index >= 15 is 0 Å². The van der Waals surface area contributed by atoms with E-state index in [-0.39, 0.29) is 31.1 Å². The molecule has 0 radical (unpaired) electrons. The van der Waals surface area contributed by atoms with E-state index in [1.807, 2.05) is 0 Å². The maximum atomic E-state index is 12.9. The minimum absolute atomic E-state index is 0.0949. The van der Waals surface area contributed by atoms with Gasteiger partial charge in [-0.15, -0.1) is 0 Å². The van der Waals surface area contributed by atoms with Gasteiger partial charge < -0.3 is 14.2 Å². The van der Waals surface area contributed by atoms with Crippen molar-refractivity contribution in [1.29, 1.82) is 0 Å². The third kappa shape index (κ3) is 68.7. The van der Waals surface area contributed by atoms with E-state index in [1.54, 1.807) is 0 Å². The molecule has 0 saturated heterocycles. The van der Waals surface area contributed by atoms with Crippen LogP contribution in [0.5, 0.6) is 0 Å². The van der Waals surface area contributed by atoms with Crippen molar-refractivity contribution < 1.29 is 28.6 Å². The highest BCUT2D eigenvalue weighted by atomic mass is 16.6. The van der Waals surface area contributed by atoms with Crippen molar-refractivity contribution >= 4 is 17.9 Å². The van der Waals surface area contributed by atoms with Crippen molar-refractivity contribution in [2.75, 3.05) is 13.2 Å². The highest BCUT2D eigenvalue weighted by Crippen LogP contribution is 2.18. The second-order valence-corrected chi connectivity index (χ2v) is 23.4. The van der Waals surface area contributed by atoms with Crippen LogP contribution >= 0.6 is 0 Å². The van der Waals surface area contributed by atoms with Gasteiger partial charge in [-0.25, -0.2) is 0 Å². The summed E-state index contributed by atoms with van der Waals surface area (Å²) in [6.07, 6.45) is 97.0. The van der Waals surface area contributed by atoms with Crippen molar-refractivity contribution in [3.63, 3.8) is 0 Å². The number of carbonyl (C=O) groups excluding carboxylic acids is 3. The summed E-state index contributed by atoms with van der Waals surface area (Å²) in [7, 11) is 0. The molecule has 6 nitrogen and oxygen atoms in total.